The molecule has 0 bridgehead atoms. The van der Waals surface area contributed by atoms with E-state index in [9.17, 15) is 0 Å². The van der Waals surface area contributed by atoms with Gasteiger partial charge in [-0.15, -0.1) is 0 Å². The Labute approximate surface area is 119 Å². The van der Waals surface area contributed by atoms with E-state index in [0.29, 0.717) is 16.6 Å². The smallest absolute Gasteiger partial charge is 0.0476 e. The summed E-state index contributed by atoms with van der Waals surface area (Å²) in [6, 6.07) is 5.90. The van der Waals surface area contributed by atoms with Crippen molar-refractivity contribution in [1.82, 2.24) is 4.90 Å². The molecular weight excluding hydrogens is 267 g/mol. The Hall–Kier alpha value is -0.280. The maximum absolute atomic E-state index is 6.09. The molecule has 2 nitrogen and oxygen atoms in total. The van der Waals surface area contributed by atoms with Crippen LogP contribution < -0.4 is 5.73 Å². The molecule has 0 aromatic heterocycles. The second-order valence-corrected chi connectivity index (χ2v) is 6.44. The van der Waals surface area contributed by atoms with Crippen LogP contribution in [0.15, 0.2) is 18.2 Å². The third kappa shape index (κ3) is 2.83. The van der Waals surface area contributed by atoms with Gasteiger partial charge >= 0.3 is 0 Å². The van der Waals surface area contributed by atoms with Crippen LogP contribution in [0.4, 0.5) is 0 Å². The lowest BCUT2D eigenvalue weighted by Gasteiger charge is -2.38. The molecule has 1 aliphatic rings. The minimum Gasteiger partial charge on any atom is -0.329 e. The first-order chi connectivity index (χ1) is 8.44. The van der Waals surface area contributed by atoms with Crippen molar-refractivity contribution in [2.24, 2.45) is 5.73 Å². The molecule has 1 saturated heterocycles. The molecule has 1 aromatic carbocycles. The summed E-state index contributed by atoms with van der Waals surface area (Å²) >= 11 is 12.2. The molecule has 4 heteroatoms. The second kappa shape index (κ2) is 5.38. The van der Waals surface area contributed by atoms with Gasteiger partial charge in [-0.2, -0.15) is 0 Å². The summed E-state index contributed by atoms with van der Waals surface area (Å²) in [5.74, 6) is 0. The van der Waals surface area contributed by atoms with Crippen LogP contribution in [0.1, 0.15) is 38.3 Å². The van der Waals surface area contributed by atoms with Crippen LogP contribution in [0.3, 0.4) is 0 Å². The average molecular weight is 287 g/mol. The number of hydrogen-bond donors (Lipinski definition) is 1. The number of likely N-dealkylation sites (tertiary alicyclic amines) is 1. The highest BCUT2D eigenvalue weighted by Gasteiger charge is 2.36. The van der Waals surface area contributed by atoms with Gasteiger partial charge in [0.15, 0.2) is 0 Å². The van der Waals surface area contributed by atoms with Crippen LogP contribution in [0.25, 0.3) is 0 Å². The van der Waals surface area contributed by atoms with Gasteiger partial charge in [0.2, 0.25) is 0 Å². The van der Waals surface area contributed by atoms with E-state index in [1.807, 2.05) is 12.1 Å². The zero-order valence-corrected chi connectivity index (χ0v) is 12.4. The molecule has 18 heavy (non-hydrogen) atoms. The SMILES string of the molecule is CC1(C)CCCN1C(CN)c1cc(Cl)cc(Cl)c1. The predicted molar refractivity (Wildman–Crippen MR) is 78.3 cm³/mol. The van der Waals surface area contributed by atoms with Crippen molar-refractivity contribution in [1.29, 1.82) is 0 Å². The lowest BCUT2D eigenvalue weighted by Crippen LogP contribution is -2.43. The molecule has 1 fully saturated rings. The van der Waals surface area contributed by atoms with Gasteiger partial charge < -0.3 is 5.73 Å². The van der Waals surface area contributed by atoms with Crippen LogP contribution in [-0.4, -0.2) is 23.5 Å². The third-order valence-electron chi connectivity index (χ3n) is 3.83. The molecule has 0 radical (unpaired) electrons. The van der Waals surface area contributed by atoms with Gasteiger partial charge in [0.1, 0.15) is 0 Å². The van der Waals surface area contributed by atoms with Crippen LogP contribution in [0.2, 0.25) is 10.0 Å². The van der Waals surface area contributed by atoms with Gasteiger partial charge in [0.05, 0.1) is 0 Å². The van der Waals surface area contributed by atoms with Crippen molar-refractivity contribution < 1.29 is 0 Å². The summed E-state index contributed by atoms with van der Waals surface area (Å²) in [7, 11) is 0. The summed E-state index contributed by atoms with van der Waals surface area (Å²) in [6.45, 7) is 6.21. The van der Waals surface area contributed by atoms with E-state index in [4.69, 9.17) is 28.9 Å². The maximum atomic E-state index is 6.09. The Morgan fingerprint density at radius 2 is 1.89 bits per heavy atom. The summed E-state index contributed by atoms with van der Waals surface area (Å²) in [6.07, 6.45) is 2.43. The topological polar surface area (TPSA) is 29.3 Å². The number of nitrogens with two attached hydrogens (primary N) is 1. The van der Waals surface area contributed by atoms with Crippen LogP contribution >= 0.6 is 23.2 Å². The van der Waals surface area contributed by atoms with Crippen molar-refractivity contribution in [2.75, 3.05) is 13.1 Å². The minimum absolute atomic E-state index is 0.193. The maximum Gasteiger partial charge on any atom is 0.0476 e. The summed E-state index contributed by atoms with van der Waals surface area (Å²) < 4.78 is 0. The van der Waals surface area contributed by atoms with Gasteiger partial charge in [-0.25, -0.2) is 0 Å². The molecule has 0 saturated carbocycles. The molecule has 100 valence electrons. The normalized spacial score (nSPS) is 21.2. The van der Waals surface area contributed by atoms with Crippen molar-refractivity contribution in [3.63, 3.8) is 0 Å². The van der Waals surface area contributed by atoms with Crippen molar-refractivity contribution in [2.45, 2.75) is 38.3 Å². The fourth-order valence-corrected chi connectivity index (χ4v) is 3.46. The van der Waals surface area contributed by atoms with E-state index in [-0.39, 0.29) is 11.6 Å². The van der Waals surface area contributed by atoms with E-state index in [0.717, 1.165) is 12.1 Å². The van der Waals surface area contributed by atoms with Gasteiger partial charge in [0, 0.05) is 28.2 Å². The lowest BCUT2D eigenvalue weighted by molar-refractivity contribution is 0.119. The number of halogens is 2. The van der Waals surface area contributed by atoms with Crippen LogP contribution in [-0.2, 0) is 0 Å². The van der Waals surface area contributed by atoms with E-state index in [2.05, 4.69) is 18.7 Å². The molecule has 1 unspecified atom stereocenters. The molecule has 1 aromatic rings. The second-order valence-electron chi connectivity index (χ2n) is 5.56. The highest BCUT2D eigenvalue weighted by atomic mass is 35.5. The first-order valence-electron chi connectivity index (χ1n) is 6.37. The van der Waals surface area contributed by atoms with E-state index < -0.39 is 0 Å². The van der Waals surface area contributed by atoms with Crippen LogP contribution in [0.5, 0.6) is 0 Å². The largest absolute Gasteiger partial charge is 0.329 e. The van der Waals surface area contributed by atoms with Crippen LogP contribution in [0, 0.1) is 0 Å². The first kappa shape index (κ1) is 14.1. The van der Waals surface area contributed by atoms with Gasteiger partial charge in [-0.05, 0) is 57.0 Å². The Balaban J connectivity index is 2.33. The Morgan fingerprint density at radius 3 is 2.33 bits per heavy atom. The quantitative estimate of drug-likeness (QED) is 0.914. The van der Waals surface area contributed by atoms with E-state index in [1.54, 1.807) is 6.07 Å². The van der Waals surface area contributed by atoms with Gasteiger partial charge in [0.25, 0.3) is 0 Å². The Bertz CT molecular complexity index is 412. The molecule has 0 spiro atoms. The van der Waals surface area contributed by atoms with Crippen molar-refractivity contribution >= 4 is 23.2 Å². The Kier molecular flexibility index (Phi) is 4.22. The zero-order valence-electron chi connectivity index (χ0n) is 10.9. The lowest BCUT2D eigenvalue weighted by atomic mass is 9.97. The molecule has 1 aliphatic heterocycles. The molecule has 1 atom stereocenters. The molecule has 2 N–H and O–H groups in total. The van der Waals surface area contributed by atoms with Gasteiger partial charge in [-0.3, -0.25) is 4.90 Å². The Morgan fingerprint density at radius 1 is 1.28 bits per heavy atom. The van der Waals surface area contributed by atoms with E-state index in [1.165, 1.54) is 12.8 Å². The number of benzene rings is 1. The highest BCUT2D eigenvalue weighted by molar-refractivity contribution is 6.34. The molecule has 0 aliphatic carbocycles. The average Bonchev–Trinajstić information content (AvgIpc) is 2.59. The predicted octanol–water partition coefficient (Wildman–Crippen LogP) is 3.87. The van der Waals surface area contributed by atoms with Gasteiger partial charge in [-0.1, -0.05) is 23.2 Å². The first-order valence-corrected chi connectivity index (χ1v) is 7.12. The number of rotatable bonds is 3. The molecular formula is C14H20Cl2N2. The fraction of sp³-hybridized carbons (Fsp3) is 0.571. The molecule has 0 amide bonds. The number of nitrogens with zero attached hydrogens (tertiary/aromatic N) is 1. The monoisotopic (exact) mass is 286 g/mol. The third-order valence-corrected chi connectivity index (χ3v) is 4.27. The summed E-state index contributed by atoms with van der Waals surface area (Å²) in [4.78, 5) is 2.47. The standard InChI is InChI=1S/C14H20Cl2N2/c1-14(2)4-3-5-18(14)13(9-17)10-6-11(15)8-12(16)7-10/h6-8,13H,3-5,9,17H2,1-2H3. The van der Waals surface area contributed by atoms with E-state index >= 15 is 0 Å². The minimum atomic E-state index is 0.193. The zero-order chi connectivity index (χ0) is 13.3. The number of hydrogen-bond acceptors (Lipinski definition) is 2. The van der Waals surface area contributed by atoms with Crippen molar-refractivity contribution in [3.05, 3.63) is 33.8 Å². The summed E-state index contributed by atoms with van der Waals surface area (Å²) in [5.41, 5.74) is 7.29. The highest BCUT2D eigenvalue weighted by Crippen LogP contribution is 2.37. The fourth-order valence-electron chi connectivity index (χ4n) is 2.92. The molecule has 2 rings (SSSR count). The molecule has 1 heterocycles. The summed E-state index contributed by atoms with van der Waals surface area (Å²) in [5, 5.41) is 1.35. The van der Waals surface area contributed by atoms with Crippen molar-refractivity contribution in [3.8, 4) is 0 Å².